The second-order valence-corrected chi connectivity index (χ2v) is 2.96. The van der Waals surface area contributed by atoms with Crippen LogP contribution in [0.25, 0.3) is 0 Å². The van der Waals surface area contributed by atoms with Crippen LogP contribution in [0.4, 0.5) is 13.2 Å². The first kappa shape index (κ1) is 11.8. The van der Waals surface area contributed by atoms with Crippen LogP contribution in [0.3, 0.4) is 0 Å². The average Bonchev–Trinajstić information content (AvgIpc) is 2.17. The van der Waals surface area contributed by atoms with Crippen LogP contribution < -0.4 is 5.32 Å². The van der Waals surface area contributed by atoms with E-state index >= 15 is 0 Å². The number of aryl methyl sites for hydroxylation is 1. The van der Waals surface area contributed by atoms with Gasteiger partial charge in [-0.25, -0.2) is 4.98 Å². The molecule has 0 atom stereocenters. The Morgan fingerprint density at radius 3 is 2.73 bits per heavy atom. The van der Waals surface area contributed by atoms with Gasteiger partial charge in [-0.1, -0.05) is 0 Å². The summed E-state index contributed by atoms with van der Waals surface area (Å²) in [5.41, 5.74) is -0.989. The molecule has 0 bridgehead atoms. The van der Waals surface area contributed by atoms with E-state index in [1.165, 1.54) is 0 Å². The van der Waals surface area contributed by atoms with Gasteiger partial charge in [0.15, 0.2) is 11.5 Å². The molecule has 7 heteroatoms. The number of nitrogens with one attached hydrogen (secondary N) is 1. The van der Waals surface area contributed by atoms with E-state index in [9.17, 15) is 13.2 Å². The topological polar surface area (TPSA) is 50.7 Å². The van der Waals surface area contributed by atoms with Crippen molar-refractivity contribution in [2.45, 2.75) is 19.0 Å². The maximum Gasteiger partial charge on any atom is 0.435 e. The van der Waals surface area contributed by atoms with E-state index in [1.807, 2.05) is 0 Å². The molecule has 0 amide bonds. The van der Waals surface area contributed by atoms with Crippen LogP contribution in [0.2, 0.25) is 0 Å². The third kappa shape index (κ3) is 3.78. The van der Waals surface area contributed by atoms with Crippen molar-refractivity contribution in [2.75, 3.05) is 13.6 Å². The Morgan fingerprint density at radius 1 is 1.40 bits per heavy atom. The summed E-state index contributed by atoms with van der Waals surface area (Å²) < 4.78 is 36.6. The summed E-state index contributed by atoms with van der Waals surface area (Å²) in [6.45, 7) is 0.708. The van der Waals surface area contributed by atoms with Gasteiger partial charge >= 0.3 is 6.18 Å². The highest BCUT2D eigenvalue weighted by molar-refractivity contribution is 5.00. The lowest BCUT2D eigenvalue weighted by Gasteiger charge is -2.05. The van der Waals surface area contributed by atoms with Crippen molar-refractivity contribution in [2.24, 2.45) is 0 Å². The Labute approximate surface area is 84.9 Å². The molecule has 0 spiro atoms. The van der Waals surface area contributed by atoms with E-state index in [-0.39, 0.29) is 5.82 Å². The van der Waals surface area contributed by atoms with Crippen molar-refractivity contribution < 1.29 is 13.2 Å². The van der Waals surface area contributed by atoms with E-state index in [2.05, 4.69) is 20.5 Å². The van der Waals surface area contributed by atoms with E-state index in [1.54, 1.807) is 7.05 Å². The summed E-state index contributed by atoms with van der Waals surface area (Å²) in [5, 5.41) is 9.70. The zero-order valence-electron chi connectivity index (χ0n) is 8.17. The number of aromatic nitrogens is 3. The van der Waals surface area contributed by atoms with Crippen molar-refractivity contribution in [1.29, 1.82) is 0 Å². The predicted octanol–water partition coefficient (Wildman–Crippen LogP) is 1.04. The molecule has 0 saturated heterocycles. The lowest BCUT2D eigenvalue weighted by atomic mass is 10.3. The second-order valence-electron chi connectivity index (χ2n) is 2.96. The Hall–Kier alpha value is -1.24. The summed E-state index contributed by atoms with van der Waals surface area (Å²) in [6, 6.07) is 0. The number of hydrogen-bond donors (Lipinski definition) is 1. The van der Waals surface area contributed by atoms with Gasteiger partial charge in [-0.2, -0.15) is 18.3 Å². The fraction of sp³-hybridized carbons (Fsp3) is 0.625. The molecule has 0 saturated carbocycles. The summed E-state index contributed by atoms with van der Waals surface area (Å²) >= 11 is 0. The third-order valence-electron chi connectivity index (χ3n) is 1.72. The van der Waals surface area contributed by atoms with Crippen LogP contribution in [0, 0.1) is 0 Å². The Balaban J connectivity index is 2.66. The number of nitrogens with zero attached hydrogens (tertiary/aromatic N) is 3. The zero-order chi connectivity index (χ0) is 11.3. The fourth-order valence-corrected chi connectivity index (χ4v) is 1.01. The molecule has 1 aromatic rings. The molecule has 1 rings (SSSR count). The minimum Gasteiger partial charge on any atom is -0.320 e. The van der Waals surface area contributed by atoms with Gasteiger partial charge < -0.3 is 5.32 Å². The first-order chi connectivity index (χ1) is 7.04. The standard InChI is InChI=1S/C8H11F3N4/c1-12-4-2-3-7-14-6(5-13-15-7)8(9,10)11/h5,12H,2-4H2,1H3. The quantitative estimate of drug-likeness (QED) is 0.770. The van der Waals surface area contributed by atoms with Crippen LogP contribution in [0.1, 0.15) is 17.9 Å². The normalized spacial score (nSPS) is 11.7. The fourth-order valence-electron chi connectivity index (χ4n) is 1.01. The van der Waals surface area contributed by atoms with Crippen molar-refractivity contribution in [3.8, 4) is 0 Å². The summed E-state index contributed by atoms with van der Waals surface area (Å²) in [5.74, 6) is 0.125. The molecule has 0 aromatic carbocycles. The summed E-state index contributed by atoms with van der Waals surface area (Å²) in [6.07, 6.45) is -2.76. The number of halogens is 3. The van der Waals surface area contributed by atoms with E-state index < -0.39 is 11.9 Å². The molecule has 1 heterocycles. The van der Waals surface area contributed by atoms with Gasteiger partial charge in [0.2, 0.25) is 0 Å². The molecule has 0 aliphatic heterocycles. The smallest absolute Gasteiger partial charge is 0.320 e. The lowest BCUT2D eigenvalue weighted by molar-refractivity contribution is -0.141. The minimum absolute atomic E-state index is 0.125. The molecule has 0 unspecified atom stereocenters. The molecule has 0 aliphatic carbocycles. The molecule has 0 fully saturated rings. The summed E-state index contributed by atoms with van der Waals surface area (Å²) in [7, 11) is 1.77. The first-order valence-electron chi connectivity index (χ1n) is 4.44. The number of alkyl halides is 3. The third-order valence-corrected chi connectivity index (χ3v) is 1.72. The molecule has 1 aromatic heterocycles. The first-order valence-corrected chi connectivity index (χ1v) is 4.44. The second kappa shape index (κ2) is 5.01. The molecule has 15 heavy (non-hydrogen) atoms. The highest BCUT2D eigenvalue weighted by Gasteiger charge is 2.33. The molecular formula is C8H11F3N4. The molecule has 4 nitrogen and oxygen atoms in total. The molecule has 84 valence electrons. The molecule has 0 aliphatic rings. The lowest BCUT2D eigenvalue weighted by Crippen LogP contribution is -2.13. The Bertz CT molecular complexity index is 313. The van der Waals surface area contributed by atoms with Crippen LogP contribution in [0.5, 0.6) is 0 Å². The maximum absolute atomic E-state index is 12.2. The van der Waals surface area contributed by atoms with E-state index in [0.29, 0.717) is 25.6 Å². The van der Waals surface area contributed by atoms with Crippen molar-refractivity contribution in [3.63, 3.8) is 0 Å². The van der Waals surface area contributed by atoms with Crippen LogP contribution in [0.15, 0.2) is 6.20 Å². The highest BCUT2D eigenvalue weighted by Crippen LogP contribution is 2.26. The van der Waals surface area contributed by atoms with Gasteiger partial charge in [0.25, 0.3) is 0 Å². The highest BCUT2D eigenvalue weighted by atomic mass is 19.4. The van der Waals surface area contributed by atoms with Gasteiger partial charge in [-0.05, 0) is 20.0 Å². The molecule has 0 radical (unpaired) electrons. The zero-order valence-corrected chi connectivity index (χ0v) is 8.17. The van der Waals surface area contributed by atoms with Crippen LogP contribution in [-0.4, -0.2) is 28.8 Å². The maximum atomic E-state index is 12.2. The van der Waals surface area contributed by atoms with E-state index in [0.717, 1.165) is 0 Å². The van der Waals surface area contributed by atoms with E-state index in [4.69, 9.17) is 0 Å². The predicted molar refractivity (Wildman–Crippen MR) is 47.1 cm³/mol. The monoisotopic (exact) mass is 220 g/mol. The minimum atomic E-state index is -4.45. The van der Waals surface area contributed by atoms with Crippen LogP contribution >= 0.6 is 0 Å². The van der Waals surface area contributed by atoms with Gasteiger partial charge in [0, 0.05) is 6.42 Å². The van der Waals surface area contributed by atoms with Crippen molar-refractivity contribution in [1.82, 2.24) is 20.5 Å². The Kier molecular flexibility index (Phi) is 3.96. The Morgan fingerprint density at radius 2 is 2.13 bits per heavy atom. The van der Waals surface area contributed by atoms with Crippen molar-refractivity contribution >= 4 is 0 Å². The molecule has 1 N–H and O–H groups in total. The number of hydrogen-bond acceptors (Lipinski definition) is 4. The summed E-state index contributed by atoms with van der Waals surface area (Å²) in [4.78, 5) is 3.39. The van der Waals surface area contributed by atoms with Crippen LogP contribution in [-0.2, 0) is 12.6 Å². The van der Waals surface area contributed by atoms with Gasteiger partial charge in [0.1, 0.15) is 0 Å². The average molecular weight is 220 g/mol. The van der Waals surface area contributed by atoms with Crippen molar-refractivity contribution in [3.05, 3.63) is 17.7 Å². The van der Waals surface area contributed by atoms with Gasteiger partial charge in [-0.3, -0.25) is 0 Å². The number of rotatable bonds is 4. The van der Waals surface area contributed by atoms with Gasteiger partial charge in [-0.15, -0.1) is 5.10 Å². The SMILES string of the molecule is CNCCCc1nncc(C(F)(F)F)n1. The van der Waals surface area contributed by atoms with Gasteiger partial charge in [0.05, 0.1) is 6.20 Å². The largest absolute Gasteiger partial charge is 0.435 e. The molecular weight excluding hydrogens is 209 g/mol.